The maximum atomic E-state index is 9.00. The number of carbonyl (C=O) groups is 1. The van der Waals surface area contributed by atoms with Gasteiger partial charge in [-0.05, 0) is 49.8 Å². The Labute approximate surface area is 185 Å². The van der Waals surface area contributed by atoms with E-state index in [-0.39, 0.29) is 0 Å². The highest BCUT2D eigenvalue weighted by molar-refractivity contribution is 7.97. The van der Waals surface area contributed by atoms with Crippen LogP contribution in [-0.2, 0) is 4.79 Å². The van der Waals surface area contributed by atoms with Gasteiger partial charge in [-0.15, -0.1) is 0 Å². The normalized spacial score (nSPS) is 10.4. The summed E-state index contributed by atoms with van der Waals surface area (Å²) in [6.07, 6.45) is 11.1. The highest BCUT2D eigenvalue weighted by atomic mass is 32.2. The number of rotatable bonds is 13. The number of nitrogens with zero attached hydrogens (tertiary/aromatic N) is 1. The van der Waals surface area contributed by atoms with Crippen LogP contribution in [0.5, 0.6) is 0 Å². The summed E-state index contributed by atoms with van der Waals surface area (Å²) in [4.78, 5) is 10.1. The van der Waals surface area contributed by atoms with Crippen LogP contribution in [0.2, 0.25) is 0 Å². The van der Waals surface area contributed by atoms with Crippen LogP contribution in [0.4, 0.5) is 0 Å². The molecule has 0 bridgehead atoms. The Morgan fingerprint density at radius 1 is 0.828 bits per heavy atom. The van der Waals surface area contributed by atoms with Gasteiger partial charge in [-0.1, -0.05) is 71.6 Å². The van der Waals surface area contributed by atoms with E-state index >= 15 is 0 Å². The van der Waals surface area contributed by atoms with Gasteiger partial charge in [0.05, 0.1) is 26.2 Å². The second-order valence-electron chi connectivity index (χ2n) is 7.60. The first-order valence-corrected chi connectivity index (χ1v) is 12.3. The number of carboxylic acids is 1. The molecule has 5 heteroatoms. The van der Waals surface area contributed by atoms with Crippen molar-refractivity contribution >= 4 is 17.9 Å². The van der Waals surface area contributed by atoms with Crippen molar-refractivity contribution in [2.24, 2.45) is 5.14 Å². The fraction of sp³-hybridized carbons (Fsp3) is 0.708. The van der Waals surface area contributed by atoms with Crippen LogP contribution in [0.15, 0.2) is 35.2 Å². The summed E-state index contributed by atoms with van der Waals surface area (Å²) in [6, 6.07) is 9.86. The third-order valence-electron chi connectivity index (χ3n) is 4.82. The molecular weight excluding hydrogens is 380 g/mol. The van der Waals surface area contributed by atoms with Crippen molar-refractivity contribution in [2.45, 2.75) is 90.9 Å². The van der Waals surface area contributed by atoms with Gasteiger partial charge in [0.25, 0.3) is 5.97 Å². The molecule has 29 heavy (non-hydrogen) atoms. The largest absolute Gasteiger partial charge is 0.481 e. The lowest BCUT2D eigenvalue weighted by atomic mass is 10.1. The number of quaternary nitrogens is 1. The van der Waals surface area contributed by atoms with E-state index in [9.17, 15) is 0 Å². The third kappa shape index (κ3) is 20.0. The Bertz CT molecular complexity index is 428. The van der Waals surface area contributed by atoms with Crippen LogP contribution in [0.1, 0.15) is 86.0 Å². The molecule has 0 heterocycles. The van der Waals surface area contributed by atoms with E-state index in [0.29, 0.717) is 0 Å². The van der Waals surface area contributed by atoms with Crippen molar-refractivity contribution < 1.29 is 14.4 Å². The molecule has 0 aromatic heterocycles. The molecule has 3 N–H and O–H groups in total. The fourth-order valence-electron chi connectivity index (χ4n) is 3.14. The quantitative estimate of drug-likeness (QED) is 0.270. The first-order valence-electron chi connectivity index (χ1n) is 11.4. The molecule has 4 nitrogen and oxygen atoms in total. The van der Waals surface area contributed by atoms with Crippen molar-refractivity contribution in [3.63, 3.8) is 0 Å². The number of benzene rings is 1. The predicted octanol–water partition coefficient (Wildman–Crippen LogP) is 6.75. The highest BCUT2D eigenvalue weighted by Gasteiger charge is 2.24. The van der Waals surface area contributed by atoms with Gasteiger partial charge in [0.1, 0.15) is 0 Å². The number of hydrogen-bond acceptors (Lipinski definition) is 3. The van der Waals surface area contributed by atoms with Gasteiger partial charge in [-0.3, -0.25) is 9.93 Å². The first-order chi connectivity index (χ1) is 13.9. The number of unbranched alkanes of at least 4 members (excludes halogenated alkanes) is 4. The highest BCUT2D eigenvalue weighted by Crippen LogP contribution is 2.16. The van der Waals surface area contributed by atoms with Crippen LogP contribution in [0.3, 0.4) is 0 Å². The second kappa shape index (κ2) is 21.7. The Kier molecular flexibility index (Phi) is 22.5. The second-order valence-corrected chi connectivity index (χ2v) is 8.31. The van der Waals surface area contributed by atoms with E-state index in [2.05, 4.69) is 27.7 Å². The molecule has 0 radical (unpaired) electrons. The van der Waals surface area contributed by atoms with E-state index in [4.69, 9.17) is 15.0 Å². The molecule has 0 aliphatic rings. The molecule has 0 saturated heterocycles. The Morgan fingerprint density at radius 2 is 1.14 bits per heavy atom. The van der Waals surface area contributed by atoms with Crippen molar-refractivity contribution in [1.29, 1.82) is 0 Å². The lowest BCUT2D eigenvalue weighted by Gasteiger charge is -2.39. The van der Waals surface area contributed by atoms with Crippen LogP contribution in [0.25, 0.3) is 0 Å². The minimum atomic E-state index is -0.833. The van der Waals surface area contributed by atoms with Gasteiger partial charge in [0, 0.05) is 11.8 Å². The van der Waals surface area contributed by atoms with Gasteiger partial charge in [-0.25, -0.2) is 0 Å². The number of nitrogens with two attached hydrogens (primary N) is 1. The molecule has 170 valence electrons. The summed E-state index contributed by atoms with van der Waals surface area (Å²) >= 11 is 1.27. The van der Waals surface area contributed by atoms with Gasteiger partial charge in [0.15, 0.2) is 0 Å². The molecule has 0 saturated carbocycles. The molecule has 1 aromatic carbocycles. The van der Waals surface area contributed by atoms with Crippen molar-refractivity contribution in [3.05, 3.63) is 30.3 Å². The maximum Gasteiger partial charge on any atom is 0.300 e. The van der Waals surface area contributed by atoms with E-state index < -0.39 is 5.97 Å². The summed E-state index contributed by atoms with van der Waals surface area (Å²) in [5.74, 6) is -0.833. The Hall–Kier alpha value is -1.04. The molecule has 0 aliphatic heterocycles. The van der Waals surface area contributed by atoms with Gasteiger partial charge in [0.2, 0.25) is 0 Å². The van der Waals surface area contributed by atoms with Gasteiger partial charge < -0.3 is 9.59 Å². The Balaban J connectivity index is 0. The number of carboxylic acid groups (broad SMARTS) is 1. The summed E-state index contributed by atoms with van der Waals surface area (Å²) in [5, 5.41) is 12.7. The first kappa shape index (κ1) is 30.2. The molecule has 1 rings (SSSR count). The molecule has 0 unspecified atom stereocenters. The molecule has 0 amide bonds. The Morgan fingerprint density at radius 3 is 1.34 bits per heavy atom. The van der Waals surface area contributed by atoms with Crippen molar-refractivity contribution in [3.8, 4) is 0 Å². The molecule has 0 fully saturated rings. The number of aliphatic carboxylic acids is 1. The SMILES string of the molecule is CC(=O)O.CCCC[N+](CCCC)(CCCC)CCCC.NSc1ccccc1. The molecule has 0 aliphatic carbocycles. The van der Waals surface area contributed by atoms with Crippen LogP contribution in [0, 0.1) is 0 Å². The minimum Gasteiger partial charge on any atom is -0.481 e. The van der Waals surface area contributed by atoms with Crippen LogP contribution >= 0.6 is 11.9 Å². The maximum absolute atomic E-state index is 9.00. The fourth-order valence-corrected chi connectivity index (χ4v) is 3.46. The van der Waals surface area contributed by atoms with Crippen LogP contribution in [-0.4, -0.2) is 41.7 Å². The number of hydrogen-bond donors (Lipinski definition) is 2. The summed E-state index contributed by atoms with van der Waals surface area (Å²) in [6.45, 7) is 16.1. The van der Waals surface area contributed by atoms with Gasteiger partial charge in [-0.2, -0.15) is 0 Å². The van der Waals surface area contributed by atoms with Crippen LogP contribution < -0.4 is 5.14 Å². The average molecular weight is 428 g/mol. The minimum absolute atomic E-state index is 0.833. The molecule has 0 spiro atoms. The average Bonchev–Trinajstić information content (AvgIpc) is 2.73. The summed E-state index contributed by atoms with van der Waals surface area (Å²) < 4.78 is 1.42. The monoisotopic (exact) mass is 427 g/mol. The third-order valence-corrected chi connectivity index (χ3v) is 5.37. The summed E-state index contributed by atoms with van der Waals surface area (Å²) in [7, 11) is 0. The van der Waals surface area contributed by atoms with Crippen molar-refractivity contribution in [1.82, 2.24) is 0 Å². The zero-order chi connectivity index (χ0) is 22.4. The summed E-state index contributed by atoms with van der Waals surface area (Å²) in [5.41, 5.74) is 0. The smallest absolute Gasteiger partial charge is 0.300 e. The standard InChI is InChI=1S/C16H36N.C6H7NS.C2H4O2/c1-5-9-13-17(14-10-6-2,15-11-7-3)16-12-8-4;7-8-6-4-2-1-3-5-6;1-2(3)4/h5-16H2,1-4H3;1-5H,7H2;1H3,(H,3,4)/q+1;;. The molecule has 1 aromatic rings. The van der Waals surface area contributed by atoms with Gasteiger partial charge >= 0.3 is 0 Å². The zero-order valence-corrected chi connectivity index (χ0v) is 20.5. The van der Waals surface area contributed by atoms with E-state index in [1.807, 2.05) is 30.3 Å². The lowest BCUT2D eigenvalue weighted by Crippen LogP contribution is -2.50. The van der Waals surface area contributed by atoms with E-state index in [0.717, 1.165) is 11.8 Å². The molecular formula is C24H47N2O2S+. The molecule has 0 atom stereocenters. The van der Waals surface area contributed by atoms with Crippen molar-refractivity contribution in [2.75, 3.05) is 26.2 Å². The zero-order valence-electron chi connectivity index (χ0n) is 19.7. The topological polar surface area (TPSA) is 63.3 Å². The lowest BCUT2D eigenvalue weighted by molar-refractivity contribution is -0.929. The predicted molar refractivity (Wildman–Crippen MR) is 129 cm³/mol. The van der Waals surface area contributed by atoms with E-state index in [1.54, 1.807) is 0 Å². The van der Waals surface area contributed by atoms with E-state index in [1.165, 1.54) is 94.0 Å².